The molecule has 0 N–H and O–H groups in total. The first-order valence-electron chi connectivity index (χ1n) is 7.94. The van der Waals surface area contributed by atoms with Crippen LogP contribution in [0.1, 0.15) is 43.9 Å². The lowest BCUT2D eigenvalue weighted by molar-refractivity contribution is -0.136. The van der Waals surface area contributed by atoms with E-state index in [1.165, 1.54) is 4.68 Å². The molecule has 7 heteroatoms. The topological polar surface area (TPSA) is 73.7 Å². The molecule has 128 valence electrons. The van der Waals surface area contributed by atoms with Crippen molar-refractivity contribution in [3.8, 4) is 0 Å². The fraction of sp³-hybridized carbons (Fsp3) is 0.688. The van der Waals surface area contributed by atoms with E-state index in [-0.39, 0.29) is 24.5 Å². The standard InChI is InChI=1S/C16H25N3O4/c1-5-23-15(21)12-10-13(16(2,3)4)17-19(12)11-14(20)18-6-8-22-9-7-18/h10H,5-9,11H2,1-4H3. The molecular weight excluding hydrogens is 298 g/mol. The Labute approximate surface area is 136 Å². The minimum absolute atomic E-state index is 0.0320. The normalized spacial score (nSPS) is 15.6. The molecule has 0 aromatic carbocycles. The van der Waals surface area contributed by atoms with Crippen molar-refractivity contribution in [2.75, 3.05) is 32.9 Å². The summed E-state index contributed by atoms with van der Waals surface area (Å²) in [4.78, 5) is 26.3. The highest BCUT2D eigenvalue weighted by Gasteiger charge is 2.26. The molecular formula is C16H25N3O4. The minimum Gasteiger partial charge on any atom is -0.461 e. The van der Waals surface area contributed by atoms with Crippen molar-refractivity contribution in [1.82, 2.24) is 14.7 Å². The van der Waals surface area contributed by atoms with Crippen LogP contribution in [0.3, 0.4) is 0 Å². The first kappa shape index (κ1) is 17.5. The van der Waals surface area contributed by atoms with Crippen LogP contribution >= 0.6 is 0 Å². The largest absolute Gasteiger partial charge is 0.461 e. The molecule has 1 fully saturated rings. The van der Waals surface area contributed by atoms with Crippen molar-refractivity contribution in [1.29, 1.82) is 0 Å². The van der Waals surface area contributed by atoms with E-state index in [2.05, 4.69) is 5.10 Å². The molecule has 1 amide bonds. The zero-order valence-corrected chi connectivity index (χ0v) is 14.3. The lowest BCUT2D eigenvalue weighted by Gasteiger charge is -2.27. The van der Waals surface area contributed by atoms with Crippen molar-refractivity contribution in [2.24, 2.45) is 0 Å². The van der Waals surface area contributed by atoms with Crippen LogP contribution in [0.2, 0.25) is 0 Å². The summed E-state index contributed by atoms with van der Waals surface area (Å²) in [7, 11) is 0. The molecule has 2 heterocycles. The Kier molecular flexibility index (Phi) is 5.41. The summed E-state index contributed by atoms with van der Waals surface area (Å²) >= 11 is 0. The predicted molar refractivity (Wildman–Crippen MR) is 84.3 cm³/mol. The molecule has 0 bridgehead atoms. The number of hydrogen-bond donors (Lipinski definition) is 0. The molecule has 23 heavy (non-hydrogen) atoms. The fourth-order valence-corrected chi connectivity index (χ4v) is 2.31. The Bertz CT molecular complexity index is 568. The molecule has 7 nitrogen and oxygen atoms in total. The quantitative estimate of drug-likeness (QED) is 0.779. The van der Waals surface area contributed by atoms with Crippen LogP contribution in [0.4, 0.5) is 0 Å². The number of nitrogens with zero attached hydrogens (tertiary/aromatic N) is 3. The van der Waals surface area contributed by atoms with Crippen LogP contribution in [0.15, 0.2) is 6.07 Å². The Morgan fingerprint density at radius 1 is 1.30 bits per heavy atom. The van der Waals surface area contributed by atoms with Gasteiger partial charge in [-0.25, -0.2) is 9.48 Å². The van der Waals surface area contributed by atoms with E-state index in [1.807, 2.05) is 20.8 Å². The highest BCUT2D eigenvalue weighted by Crippen LogP contribution is 2.22. The summed E-state index contributed by atoms with van der Waals surface area (Å²) in [5.74, 6) is -0.521. The van der Waals surface area contributed by atoms with Gasteiger partial charge >= 0.3 is 5.97 Å². The van der Waals surface area contributed by atoms with E-state index in [0.29, 0.717) is 32.0 Å². The number of carbonyl (C=O) groups is 2. The lowest BCUT2D eigenvalue weighted by atomic mass is 9.92. The second-order valence-electron chi connectivity index (χ2n) is 6.54. The second-order valence-corrected chi connectivity index (χ2v) is 6.54. The zero-order valence-electron chi connectivity index (χ0n) is 14.3. The molecule has 0 saturated carbocycles. The van der Waals surface area contributed by atoms with Crippen LogP contribution in [0, 0.1) is 0 Å². The smallest absolute Gasteiger partial charge is 0.356 e. The molecule has 1 aliphatic rings. The first-order valence-corrected chi connectivity index (χ1v) is 7.94. The molecule has 0 spiro atoms. The number of esters is 1. The van der Waals surface area contributed by atoms with Gasteiger partial charge in [0.15, 0.2) is 0 Å². The average molecular weight is 323 g/mol. The van der Waals surface area contributed by atoms with Gasteiger partial charge in [0.05, 0.1) is 25.5 Å². The number of morpholine rings is 1. The third-order valence-electron chi connectivity index (χ3n) is 3.68. The van der Waals surface area contributed by atoms with E-state index in [9.17, 15) is 9.59 Å². The van der Waals surface area contributed by atoms with E-state index < -0.39 is 5.97 Å². The van der Waals surface area contributed by atoms with Gasteiger partial charge in [-0.05, 0) is 13.0 Å². The molecule has 1 aliphatic heterocycles. The maximum absolute atomic E-state index is 12.4. The van der Waals surface area contributed by atoms with E-state index in [0.717, 1.165) is 5.69 Å². The van der Waals surface area contributed by atoms with E-state index in [4.69, 9.17) is 9.47 Å². The molecule has 1 saturated heterocycles. The van der Waals surface area contributed by atoms with Crippen molar-refractivity contribution in [2.45, 2.75) is 39.7 Å². The summed E-state index contributed by atoms with van der Waals surface area (Å²) in [5, 5.41) is 4.46. The number of amides is 1. The molecule has 0 atom stereocenters. The molecule has 0 aliphatic carbocycles. The zero-order chi connectivity index (χ0) is 17.0. The van der Waals surface area contributed by atoms with Gasteiger partial charge in [-0.3, -0.25) is 4.79 Å². The van der Waals surface area contributed by atoms with Gasteiger partial charge in [0.1, 0.15) is 12.2 Å². The van der Waals surface area contributed by atoms with Crippen LogP contribution < -0.4 is 0 Å². The third kappa shape index (κ3) is 4.31. The van der Waals surface area contributed by atoms with Crippen molar-refractivity contribution >= 4 is 11.9 Å². The number of hydrogen-bond acceptors (Lipinski definition) is 5. The summed E-state index contributed by atoms with van der Waals surface area (Å²) in [6.45, 7) is 10.3. The van der Waals surface area contributed by atoms with Crippen LogP contribution in [0.5, 0.6) is 0 Å². The Balaban J connectivity index is 2.22. The van der Waals surface area contributed by atoms with Crippen LogP contribution in [-0.4, -0.2) is 59.5 Å². The van der Waals surface area contributed by atoms with Gasteiger partial charge in [-0.1, -0.05) is 20.8 Å². The third-order valence-corrected chi connectivity index (χ3v) is 3.68. The number of rotatable bonds is 4. The fourth-order valence-electron chi connectivity index (χ4n) is 2.31. The summed E-state index contributed by atoms with van der Waals surface area (Å²) in [5.41, 5.74) is 0.864. The van der Waals surface area contributed by atoms with Crippen molar-refractivity contribution < 1.29 is 19.1 Å². The molecule has 1 aromatic heterocycles. The second kappa shape index (κ2) is 7.12. The monoisotopic (exact) mass is 323 g/mol. The van der Waals surface area contributed by atoms with Gasteiger partial charge < -0.3 is 14.4 Å². The van der Waals surface area contributed by atoms with Crippen molar-refractivity contribution in [3.05, 3.63) is 17.5 Å². The maximum atomic E-state index is 12.4. The SMILES string of the molecule is CCOC(=O)c1cc(C(C)(C)C)nn1CC(=O)N1CCOCC1. The minimum atomic E-state index is -0.453. The van der Waals surface area contributed by atoms with Gasteiger partial charge in [-0.2, -0.15) is 5.10 Å². The van der Waals surface area contributed by atoms with Crippen LogP contribution in [0.25, 0.3) is 0 Å². The highest BCUT2D eigenvalue weighted by atomic mass is 16.5. The van der Waals surface area contributed by atoms with E-state index in [1.54, 1.807) is 17.9 Å². The van der Waals surface area contributed by atoms with Crippen LogP contribution in [-0.2, 0) is 26.2 Å². The molecule has 2 rings (SSSR count). The number of carbonyl (C=O) groups excluding carboxylic acids is 2. The molecule has 1 aromatic rings. The number of ether oxygens (including phenoxy) is 2. The first-order chi connectivity index (χ1) is 10.8. The Hall–Kier alpha value is -1.89. The van der Waals surface area contributed by atoms with Crippen molar-refractivity contribution in [3.63, 3.8) is 0 Å². The summed E-state index contributed by atoms with van der Waals surface area (Å²) in [6, 6.07) is 1.71. The summed E-state index contributed by atoms with van der Waals surface area (Å²) in [6.07, 6.45) is 0. The molecule has 0 unspecified atom stereocenters. The Morgan fingerprint density at radius 2 is 1.96 bits per heavy atom. The van der Waals surface area contributed by atoms with Gasteiger partial charge in [0.25, 0.3) is 0 Å². The lowest BCUT2D eigenvalue weighted by Crippen LogP contribution is -2.42. The Morgan fingerprint density at radius 3 is 2.52 bits per heavy atom. The summed E-state index contributed by atoms with van der Waals surface area (Å²) < 4.78 is 11.8. The highest BCUT2D eigenvalue weighted by molar-refractivity contribution is 5.88. The molecule has 0 radical (unpaired) electrons. The van der Waals surface area contributed by atoms with Gasteiger partial charge in [0.2, 0.25) is 5.91 Å². The van der Waals surface area contributed by atoms with E-state index >= 15 is 0 Å². The van der Waals surface area contributed by atoms with Gasteiger partial charge in [0, 0.05) is 18.5 Å². The average Bonchev–Trinajstić information content (AvgIpc) is 2.92. The number of aromatic nitrogens is 2. The van der Waals surface area contributed by atoms with Gasteiger partial charge in [-0.15, -0.1) is 0 Å². The maximum Gasteiger partial charge on any atom is 0.356 e. The predicted octanol–water partition coefficient (Wildman–Crippen LogP) is 1.22.